The molecule has 0 saturated carbocycles. The molecule has 1 saturated heterocycles. The van der Waals surface area contributed by atoms with E-state index in [0.29, 0.717) is 25.2 Å². The van der Waals surface area contributed by atoms with E-state index in [9.17, 15) is 9.90 Å². The number of aliphatic hydroxyl groups excluding tert-OH is 1. The molecule has 0 bridgehead atoms. The maximum absolute atomic E-state index is 12.2. The Kier molecular flexibility index (Phi) is 4.97. The second-order valence-corrected chi connectivity index (χ2v) is 5.74. The zero-order valence-electron chi connectivity index (χ0n) is 13.0. The summed E-state index contributed by atoms with van der Waals surface area (Å²) in [6.45, 7) is 1.36. The quantitative estimate of drug-likeness (QED) is 0.863. The molecule has 0 aliphatic carbocycles. The van der Waals surface area contributed by atoms with Crippen molar-refractivity contribution in [1.82, 2.24) is 25.1 Å². The van der Waals surface area contributed by atoms with Crippen LogP contribution in [0.15, 0.2) is 30.3 Å². The molecule has 2 heterocycles. The predicted octanol–water partition coefficient (Wildman–Crippen LogP) is 1.10. The number of nitrogens with zero attached hydrogens (tertiary/aromatic N) is 5. The van der Waals surface area contributed by atoms with Crippen LogP contribution in [0.25, 0.3) is 11.4 Å². The van der Waals surface area contributed by atoms with Gasteiger partial charge in [-0.3, -0.25) is 4.79 Å². The van der Waals surface area contributed by atoms with E-state index < -0.39 is 0 Å². The van der Waals surface area contributed by atoms with Gasteiger partial charge in [0.15, 0.2) is 0 Å². The smallest absolute Gasteiger partial charge is 0.222 e. The Morgan fingerprint density at radius 3 is 2.91 bits per heavy atom. The van der Waals surface area contributed by atoms with Crippen molar-refractivity contribution in [2.75, 3.05) is 13.2 Å². The molecular weight excluding hydrogens is 294 g/mol. The van der Waals surface area contributed by atoms with Gasteiger partial charge in [0.2, 0.25) is 11.7 Å². The molecule has 7 nitrogen and oxygen atoms in total. The Bertz CT molecular complexity index is 643. The maximum atomic E-state index is 12.2. The molecule has 2 aromatic rings. The van der Waals surface area contributed by atoms with Gasteiger partial charge < -0.3 is 10.0 Å². The third kappa shape index (κ3) is 3.73. The molecule has 7 heteroatoms. The number of aryl methyl sites for hydroxylation is 1. The van der Waals surface area contributed by atoms with Gasteiger partial charge in [-0.15, -0.1) is 10.2 Å². The van der Waals surface area contributed by atoms with E-state index in [1.807, 2.05) is 30.3 Å². The maximum Gasteiger partial charge on any atom is 0.222 e. The second-order valence-electron chi connectivity index (χ2n) is 5.74. The molecular formula is C16H21N5O2. The lowest BCUT2D eigenvalue weighted by atomic mass is 10.2. The van der Waals surface area contributed by atoms with Crippen LogP contribution in [0.1, 0.15) is 25.7 Å². The highest BCUT2D eigenvalue weighted by atomic mass is 16.3. The predicted molar refractivity (Wildman–Crippen MR) is 84.3 cm³/mol. The number of carbonyl (C=O) groups excluding carboxylic acids is 1. The van der Waals surface area contributed by atoms with E-state index in [-0.39, 0.29) is 18.6 Å². The third-order valence-electron chi connectivity index (χ3n) is 4.14. The lowest BCUT2D eigenvalue weighted by Crippen LogP contribution is -2.37. The minimum Gasteiger partial charge on any atom is -0.394 e. The topological polar surface area (TPSA) is 84.1 Å². The number of tetrazole rings is 1. The summed E-state index contributed by atoms with van der Waals surface area (Å²) in [5.41, 5.74) is 0.928. The highest BCUT2D eigenvalue weighted by molar-refractivity contribution is 5.76. The number of hydrogen-bond acceptors (Lipinski definition) is 5. The zero-order valence-corrected chi connectivity index (χ0v) is 13.0. The number of hydrogen-bond donors (Lipinski definition) is 1. The van der Waals surface area contributed by atoms with Crippen LogP contribution in [0.2, 0.25) is 0 Å². The van der Waals surface area contributed by atoms with Crippen LogP contribution in [0.3, 0.4) is 0 Å². The van der Waals surface area contributed by atoms with Crippen LogP contribution < -0.4 is 0 Å². The van der Waals surface area contributed by atoms with Gasteiger partial charge in [0, 0.05) is 18.5 Å². The van der Waals surface area contributed by atoms with Crippen LogP contribution >= 0.6 is 0 Å². The fraction of sp³-hybridized carbons (Fsp3) is 0.500. The number of benzene rings is 1. The molecule has 122 valence electrons. The molecule has 1 atom stereocenters. The molecule has 23 heavy (non-hydrogen) atoms. The molecule has 1 aromatic heterocycles. The van der Waals surface area contributed by atoms with Crippen molar-refractivity contribution in [3.8, 4) is 11.4 Å². The number of carbonyl (C=O) groups is 1. The van der Waals surface area contributed by atoms with Gasteiger partial charge in [-0.25, -0.2) is 0 Å². The summed E-state index contributed by atoms with van der Waals surface area (Å²) in [4.78, 5) is 15.5. The van der Waals surface area contributed by atoms with Crippen LogP contribution in [0.4, 0.5) is 0 Å². The van der Waals surface area contributed by atoms with Crippen LogP contribution in [-0.4, -0.2) is 55.3 Å². The molecule has 1 amide bonds. The summed E-state index contributed by atoms with van der Waals surface area (Å²) in [5, 5.41) is 21.7. The Morgan fingerprint density at radius 2 is 2.13 bits per heavy atom. The van der Waals surface area contributed by atoms with E-state index in [1.165, 1.54) is 4.80 Å². The van der Waals surface area contributed by atoms with Crippen LogP contribution in [0, 0.1) is 0 Å². The molecule has 1 fully saturated rings. The molecule has 1 aliphatic heterocycles. The van der Waals surface area contributed by atoms with Gasteiger partial charge in [-0.05, 0) is 24.5 Å². The molecule has 1 aliphatic rings. The first-order valence-electron chi connectivity index (χ1n) is 8.01. The fourth-order valence-corrected chi connectivity index (χ4v) is 2.91. The molecule has 0 unspecified atom stereocenters. The van der Waals surface area contributed by atoms with Gasteiger partial charge >= 0.3 is 0 Å². The number of aromatic nitrogens is 4. The Balaban J connectivity index is 1.49. The highest BCUT2D eigenvalue weighted by Gasteiger charge is 2.27. The first-order valence-corrected chi connectivity index (χ1v) is 8.01. The summed E-state index contributed by atoms with van der Waals surface area (Å²) in [5.74, 6) is 0.696. The number of likely N-dealkylation sites (tertiary alicyclic amines) is 1. The van der Waals surface area contributed by atoms with Crippen molar-refractivity contribution >= 4 is 5.91 Å². The van der Waals surface area contributed by atoms with Crippen molar-refractivity contribution in [3.05, 3.63) is 30.3 Å². The van der Waals surface area contributed by atoms with Crippen LogP contribution in [-0.2, 0) is 11.3 Å². The van der Waals surface area contributed by atoms with E-state index in [1.54, 1.807) is 4.90 Å². The fourth-order valence-electron chi connectivity index (χ4n) is 2.91. The number of rotatable bonds is 6. The SMILES string of the molecule is O=C(CCCn1nnc(-c2ccccc2)n1)N1CCC[C@@H]1CO. The Hall–Kier alpha value is -2.28. The first-order chi connectivity index (χ1) is 11.3. The van der Waals surface area contributed by atoms with Crippen LogP contribution in [0.5, 0.6) is 0 Å². The monoisotopic (exact) mass is 315 g/mol. The molecule has 0 spiro atoms. The van der Waals surface area contributed by atoms with Gasteiger partial charge in [0.1, 0.15) is 0 Å². The van der Waals surface area contributed by atoms with Crippen molar-refractivity contribution in [2.45, 2.75) is 38.3 Å². The average molecular weight is 315 g/mol. The Labute approximate surface area is 134 Å². The Morgan fingerprint density at radius 1 is 1.30 bits per heavy atom. The van der Waals surface area contributed by atoms with E-state index in [2.05, 4.69) is 15.4 Å². The average Bonchev–Trinajstić information content (AvgIpc) is 3.24. The number of aliphatic hydroxyl groups is 1. The van der Waals surface area contributed by atoms with Gasteiger partial charge in [-0.2, -0.15) is 4.80 Å². The molecule has 3 rings (SSSR count). The summed E-state index contributed by atoms with van der Waals surface area (Å²) in [7, 11) is 0. The standard InChI is InChI=1S/C16H21N5O2/c22-12-14-8-4-10-20(14)15(23)9-5-11-21-18-16(17-19-21)13-6-2-1-3-7-13/h1-3,6-7,14,22H,4-5,8-12H2/t14-/m1/s1. The van der Waals surface area contributed by atoms with Gasteiger partial charge in [0.25, 0.3) is 0 Å². The van der Waals surface area contributed by atoms with Gasteiger partial charge in [-0.1, -0.05) is 30.3 Å². The molecule has 1 N–H and O–H groups in total. The third-order valence-corrected chi connectivity index (χ3v) is 4.14. The molecule has 1 aromatic carbocycles. The first kappa shape index (κ1) is 15.6. The van der Waals surface area contributed by atoms with Gasteiger partial charge in [0.05, 0.1) is 19.2 Å². The van der Waals surface area contributed by atoms with Crippen molar-refractivity contribution in [3.63, 3.8) is 0 Å². The number of amides is 1. The highest BCUT2D eigenvalue weighted by Crippen LogP contribution is 2.18. The summed E-state index contributed by atoms with van der Waals surface area (Å²) < 4.78 is 0. The van der Waals surface area contributed by atoms with E-state index in [0.717, 1.165) is 24.9 Å². The zero-order chi connectivity index (χ0) is 16.1. The summed E-state index contributed by atoms with van der Waals surface area (Å²) in [6.07, 6.45) is 2.98. The lowest BCUT2D eigenvalue weighted by Gasteiger charge is -2.22. The summed E-state index contributed by atoms with van der Waals surface area (Å²) >= 11 is 0. The lowest BCUT2D eigenvalue weighted by molar-refractivity contribution is -0.132. The van der Waals surface area contributed by atoms with Crippen molar-refractivity contribution in [1.29, 1.82) is 0 Å². The minimum atomic E-state index is -0.00308. The van der Waals surface area contributed by atoms with Crippen molar-refractivity contribution < 1.29 is 9.90 Å². The summed E-state index contributed by atoms with van der Waals surface area (Å²) in [6, 6.07) is 9.68. The second kappa shape index (κ2) is 7.32. The van der Waals surface area contributed by atoms with E-state index >= 15 is 0 Å². The minimum absolute atomic E-state index is 0.00308. The largest absolute Gasteiger partial charge is 0.394 e. The van der Waals surface area contributed by atoms with E-state index in [4.69, 9.17) is 0 Å². The van der Waals surface area contributed by atoms with Crippen molar-refractivity contribution in [2.24, 2.45) is 0 Å². The normalized spacial score (nSPS) is 17.6. The molecule has 0 radical (unpaired) electrons.